The molecule has 0 amide bonds. The lowest BCUT2D eigenvalue weighted by molar-refractivity contribution is -0.124. The summed E-state index contributed by atoms with van der Waals surface area (Å²) in [5.41, 5.74) is 3.45. The van der Waals surface area contributed by atoms with E-state index in [1.54, 1.807) is 10.9 Å². The van der Waals surface area contributed by atoms with E-state index in [4.69, 9.17) is 4.99 Å². The predicted molar refractivity (Wildman–Crippen MR) is 94.9 cm³/mol. The number of carbonyl (C=O) groups excluding carboxylic acids is 1. The van der Waals surface area contributed by atoms with Crippen LogP contribution >= 0.6 is 0 Å². The molecule has 1 aliphatic heterocycles. The second kappa shape index (κ2) is 5.38. The molecule has 1 fully saturated rings. The van der Waals surface area contributed by atoms with Crippen molar-refractivity contribution in [2.45, 2.75) is 39.7 Å². The number of aryl methyl sites for hydroxylation is 1. The number of fused-ring (bicyclic) bond motifs is 2. The SMILES string of the molecule is Cc1ccc(C2C3C(=O)CC(C)(C)CC3=Nc3c(C#N)cnn32)cc1. The van der Waals surface area contributed by atoms with E-state index in [0.29, 0.717) is 17.8 Å². The van der Waals surface area contributed by atoms with Gasteiger partial charge < -0.3 is 0 Å². The van der Waals surface area contributed by atoms with E-state index in [1.807, 2.05) is 31.2 Å². The molecule has 2 aliphatic rings. The van der Waals surface area contributed by atoms with Crippen LogP contribution in [0.2, 0.25) is 0 Å². The van der Waals surface area contributed by atoms with Crippen molar-refractivity contribution in [3.8, 4) is 6.07 Å². The first-order chi connectivity index (χ1) is 11.9. The Balaban J connectivity index is 1.92. The molecule has 0 N–H and O–H groups in total. The van der Waals surface area contributed by atoms with Crippen molar-refractivity contribution in [3.63, 3.8) is 0 Å². The van der Waals surface area contributed by atoms with Gasteiger partial charge in [-0.25, -0.2) is 9.67 Å². The second-order valence-electron chi connectivity index (χ2n) is 7.86. The van der Waals surface area contributed by atoms with Gasteiger partial charge in [-0.05, 0) is 24.3 Å². The molecular weight excluding hydrogens is 312 g/mol. The number of aromatic nitrogens is 2. The summed E-state index contributed by atoms with van der Waals surface area (Å²) < 4.78 is 1.76. The predicted octanol–water partition coefficient (Wildman–Crippen LogP) is 3.74. The highest BCUT2D eigenvalue weighted by Gasteiger charge is 2.46. The van der Waals surface area contributed by atoms with E-state index < -0.39 is 0 Å². The number of Topliss-reactive ketones (excluding diaryl/α,β-unsaturated/α-hetero) is 1. The van der Waals surface area contributed by atoms with Gasteiger partial charge >= 0.3 is 0 Å². The van der Waals surface area contributed by atoms with Crippen LogP contribution in [0.5, 0.6) is 0 Å². The first-order valence-corrected chi connectivity index (χ1v) is 8.54. The lowest BCUT2D eigenvalue weighted by atomic mass is 9.67. The molecule has 2 heterocycles. The highest BCUT2D eigenvalue weighted by atomic mass is 16.1. The van der Waals surface area contributed by atoms with Crippen LogP contribution in [-0.2, 0) is 4.79 Å². The molecule has 1 aromatic heterocycles. The molecular formula is C20H20N4O. The van der Waals surface area contributed by atoms with Gasteiger partial charge in [0, 0.05) is 12.1 Å². The average Bonchev–Trinajstić information content (AvgIpc) is 2.95. The summed E-state index contributed by atoms with van der Waals surface area (Å²) in [4.78, 5) is 17.7. The van der Waals surface area contributed by atoms with Crippen LogP contribution in [-0.4, -0.2) is 21.3 Å². The summed E-state index contributed by atoms with van der Waals surface area (Å²) in [5, 5.41) is 13.8. The fraction of sp³-hybridized carbons (Fsp3) is 0.400. The summed E-state index contributed by atoms with van der Waals surface area (Å²) >= 11 is 0. The third-order valence-corrected chi connectivity index (χ3v) is 5.16. The van der Waals surface area contributed by atoms with Crippen LogP contribution in [0.3, 0.4) is 0 Å². The van der Waals surface area contributed by atoms with Crippen molar-refractivity contribution in [2.75, 3.05) is 0 Å². The number of rotatable bonds is 1. The van der Waals surface area contributed by atoms with E-state index in [0.717, 1.165) is 17.7 Å². The van der Waals surface area contributed by atoms with Crippen molar-refractivity contribution in [1.29, 1.82) is 5.26 Å². The van der Waals surface area contributed by atoms with E-state index in [2.05, 4.69) is 25.0 Å². The number of carbonyl (C=O) groups is 1. The molecule has 126 valence electrons. The average molecular weight is 332 g/mol. The van der Waals surface area contributed by atoms with Gasteiger partial charge in [0.25, 0.3) is 0 Å². The molecule has 5 nitrogen and oxygen atoms in total. The van der Waals surface area contributed by atoms with Crippen LogP contribution in [0.1, 0.15) is 49.4 Å². The van der Waals surface area contributed by atoms with Crippen LogP contribution in [0.4, 0.5) is 5.82 Å². The number of ketones is 1. The molecule has 0 spiro atoms. The van der Waals surface area contributed by atoms with Gasteiger partial charge in [0.15, 0.2) is 5.82 Å². The number of hydrogen-bond donors (Lipinski definition) is 0. The minimum atomic E-state index is -0.297. The van der Waals surface area contributed by atoms with Crippen molar-refractivity contribution in [1.82, 2.24) is 9.78 Å². The van der Waals surface area contributed by atoms with E-state index >= 15 is 0 Å². The summed E-state index contributed by atoms with van der Waals surface area (Å²) in [6, 6.07) is 10.1. The van der Waals surface area contributed by atoms with E-state index in [-0.39, 0.29) is 23.2 Å². The standard InChI is InChI=1S/C20H20N4O/c1-12-4-6-13(7-5-12)18-17-15(8-20(2,3)9-16(17)25)23-19-14(10-21)11-22-24(18)19/h4-7,11,17-18H,8-9H2,1-3H3. The Kier molecular flexibility index (Phi) is 3.40. The summed E-state index contributed by atoms with van der Waals surface area (Å²) in [7, 11) is 0. The highest BCUT2D eigenvalue weighted by molar-refractivity contribution is 6.10. The summed E-state index contributed by atoms with van der Waals surface area (Å²) in [6.07, 6.45) is 2.86. The largest absolute Gasteiger partial charge is 0.299 e. The molecule has 2 aromatic rings. The quantitative estimate of drug-likeness (QED) is 0.798. The summed E-state index contributed by atoms with van der Waals surface area (Å²) in [6.45, 7) is 6.24. The molecule has 1 aromatic carbocycles. The van der Waals surface area contributed by atoms with Gasteiger partial charge in [-0.3, -0.25) is 4.79 Å². The molecule has 1 aliphatic carbocycles. The zero-order chi connectivity index (χ0) is 17.8. The van der Waals surface area contributed by atoms with E-state index in [1.165, 1.54) is 5.56 Å². The lowest BCUT2D eigenvalue weighted by Gasteiger charge is -2.40. The topological polar surface area (TPSA) is 71.0 Å². The number of benzene rings is 1. The number of nitriles is 1. The van der Waals surface area contributed by atoms with Gasteiger partial charge in [0.1, 0.15) is 17.4 Å². The van der Waals surface area contributed by atoms with Crippen LogP contribution < -0.4 is 0 Å². The van der Waals surface area contributed by atoms with E-state index in [9.17, 15) is 10.1 Å². The molecule has 0 bridgehead atoms. The Bertz CT molecular complexity index is 928. The zero-order valence-electron chi connectivity index (χ0n) is 14.7. The third kappa shape index (κ3) is 2.49. The minimum absolute atomic E-state index is 0.0980. The lowest BCUT2D eigenvalue weighted by Crippen LogP contribution is -2.44. The molecule has 0 radical (unpaired) electrons. The minimum Gasteiger partial charge on any atom is -0.299 e. The fourth-order valence-corrected chi connectivity index (χ4v) is 4.02. The fourth-order valence-electron chi connectivity index (χ4n) is 4.02. The molecule has 2 atom stereocenters. The van der Waals surface area contributed by atoms with Gasteiger partial charge in [0.2, 0.25) is 0 Å². The molecule has 2 unspecified atom stereocenters. The number of hydrogen-bond acceptors (Lipinski definition) is 4. The van der Waals surface area contributed by atoms with Crippen molar-refractivity contribution >= 4 is 17.3 Å². The Labute approximate surface area is 147 Å². The Hall–Kier alpha value is -2.74. The van der Waals surface area contributed by atoms with Gasteiger partial charge in [0.05, 0.1) is 18.2 Å². The van der Waals surface area contributed by atoms with Gasteiger partial charge in [-0.1, -0.05) is 43.7 Å². The van der Waals surface area contributed by atoms with Gasteiger partial charge in [-0.2, -0.15) is 10.4 Å². The maximum atomic E-state index is 13.0. The Morgan fingerprint density at radius 1 is 1.24 bits per heavy atom. The molecule has 4 rings (SSSR count). The third-order valence-electron chi connectivity index (χ3n) is 5.16. The Morgan fingerprint density at radius 2 is 1.96 bits per heavy atom. The van der Waals surface area contributed by atoms with Crippen molar-refractivity contribution in [3.05, 3.63) is 47.2 Å². The number of aliphatic imine (C=N–C) groups is 1. The number of nitrogens with zero attached hydrogens (tertiary/aromatic N) is 4. The molecule has 1 saturated carbocycles. The summed E-state index contributed by atoms with van der Waals surface area (Å²) in [5.74, 6) is 0.486. The van der Waals surface area contributed by atoms with Crippen molar-refractivity contribution in [2.24, 2.45) is 16.3 Å². The molecule has 0 saturated heterocycles. The smallest absolute Gasteiger partial charge is 0.169 e. The maximum Gasteiger partial charge on any atom is 0.169 e. The van der Waals surface area contributed by atoms with Crippen LogP contribution in [0.25, 0.3) is 0 Å². The molecule has 5 heteroatoms. The monoisotopic (exact) mass is 332 g/mol. The normalized spacial score (nSPS) is 24.1. The Morgan fingerprint density at radius 3 is 2.64 bits per heavy atom. The van der Waals surface area contributed by atoms with Crippen LogP contribution in [0, 0.1) is 29.6 Å². The molecule has 25 heavy (non-hydrogen) atoms. The van der Waals surface area contributed by atoms with Crippen molar-refractivity contribution < 1.29 is 4.79 Å². The van der Waals surface area contributed by atoms with Gasteiger partial charge in [-0.15, -0.1) is 0 Å². The zero-order valence-corrected chi connectivity index (χ0v) is 14.7. The highest BCUT2D eigenvalue weighted by Crippen LogP contribution is 2.45. The van der Waals surface area contributed by atoms with Crippen LogP contribution in [0.15, 0.2) is 35.5 Å². The maximum absolute atomic E-state index is 13.0. The first-order valence-electron chi connectivity index (χ1n) is 8.54. The first kappa shape index (κ1) is 15.8. The second-order valence-corrected chi connectivity index (χ2v) is 7.86.